The number of rotatable bonds is 6. The number of hydrogen-bond acceptors (Lipinski definition) is 4. The fourth-order valence-electron chi connectivity index (χ4n) is 5.57. The molecule has 8 heteroatoms. The molecule has 5 rings (SSSR count). The number of fused-ring (bicyclic) bond motifs is 2. The van der Waals surface area contributed by atoms with E-state index >= 15 is 0 Å². The molecule has 1 saturated carbocycles. The SMILES string of the molecule is C[C@H]1Cc2cc(S(=O)(=O)N(C)CC(=O)N[C@H]3CCCc4ccccc43)ccc2N1C(=O)C1CCC1. The van der Waals surface area contributed by atoms with Crippen LogP contribution in [-0.2, 0) is 32.5 Å². The summed E-state index contributed by atoms with van der Waals surface area (Å²) in [6.45, 7) is 1.76. The Morgan fingerprint density at radius 1 is 1.06 bits per heavy atom. The maximum Gasteiger partial charge on any atom is 0.243 e. The van der Waals surface area contributed by atoms with Gasteiger partial charge < -0.3 is 10.2 Å². The molecule has 35 heavy (non-hydrogen) atoms. The monoisotopic (exact) mass is 495 g/mol. The highest BCUT2D eigenvalue weighted by Crippen LogP contribution is 2.38. The van der Waals surface area contributed by atoms with Crippen molar-refractivity contribution in [2.75, 3.05) is 18.5 Å². The van der Waals surface area contributed by atoms with E-state index in [1.807, 2.05) is 30.0 Å². The van der Waals surface area contributed by atoms with Gasteiger partial charge in [-0.15, -0.1) is 0 Å². The first kappa shape index (κ1) is 24.0. The highest BCUT2D eigenvalue weighted by molar-refractivity contribution is 7.89. The number of nitrogens with one attached hydrogen (secondary N) is 1. The molecular weight excluding hydrogens is 462 g/mol. The number of nitrogens with zero attached hydrogens (tertiary/aromatic N) is 2. The fourth-order valence-corrected chi connectivity index (χ4v) is 6.74. The van der Waals surface area contributed by atoms with Crippen LogP contribution in [0.4, 0.5) is 5.69 Å². The third-order valence-corrected chi connectivity index (χ3v) is 9.54. The lowest BCUT2D eigenvalue weighted by atomic mass is 9.84. The van der Waals surface area contributed by atoms with Gasteiger partial charge in [-0.1, -0.05) is 30.7 Å². The quantitative estimate of drug-likeness (QED) is 0.664. The van der Waals surface area contributed by atoms with E-state index in [9.17, 15) is 18.0 Å². The standard InChI is InChI=1S/C27H33N3O4S/c1-18-15-21-16-22(13-14-25(21)30(18)27(32)20-9-5-10-20)35(33,34)29(2)17-26(31)28-24-12-6-8-19-7-3-4-11-23(19)24/h3-4,7,11,13-14,16,18,20,24H,5-6,8-10,12,15,17H2,1-2H3,(H,28,31)/t18-,24-/m0/s1. The van der Waals surface area contributed by atoms with E-state index in [2.05, 4.69) is 11.4 Å². The number of hydrogen-bond donors (Lipinski definition) is 1. The Labute approximate surface area is 207 Å². The molecule has 186 valence electrons. The van der Waals surface area contributed by atoms with Crippen molar-refractivity contribution >= 4 is 27.5 Å². The molecule has 2 aromatic rings. The van der Waals surface area contributed by atoms with E-state index in [0.29, 0.717) is 6.42 Å². The summed E-state index contributed by atoms with van der Waals surface area (Å²) >= 11 is 0. The number of likely N-dealkylation sites (N-methyl/N-ethyl adjacent to an activating group) is 1. The first-order chi connectivity index (χ1) is 16.8. The third kappa shape index (κ3) is 4.49. The maximum absolute atomic E-state index is 13.3. The first-order valence-corrected chi connectivity index (χ1v) is 14.0. The number of anilines is 1. The van der Waals surface area contributed by atoms with Crippen LogP contribution in [0.25, 0.3) is 0 Å². The van der Waals surface area contributed by atoms with Crippen LogP contribution in [0.3, 0.4) is 0 Å². The molecular formula is C27H33N3O4S. The summed E-state index contributed by atoms with van der Waals surface area (Å²) in [6.07, 6.45) is 6.42. The summed E-state index contributed by atoms with van der Waals surface area (Å²) in [7, 11) is -2.42. The molecule has 2 aliphatic carbocycles. The van der Waals surface area contributed by atoms with Gasteiger partial charge in [-0.3, -0.25) is 9.59 Å². The average Bonchev–Trinajstić information content (AvgIpc) is 3.13. The van der Waals surface area contributed by atoms with Gasteiger partial charge in [0.2, 0.25) is 21.8 Å². The Morgan fingerprint density at radius 3 is 2.57 bits per heavy atom. The summed E-state index contributed by atoms with van der Waals surface area (Å²) < 4.78 is 27.7. The summed E-state index contributed by atoms with van der Waals surface area (Å²) in [5.41, 5.74) is 4.03. The van der Waals surface area contributed by atoms with Gasteiger partial charge >= 0.3 is 0 Å². The second-order valence-electron chi connectivity index (χ2n) is 10.2. The highest BCUT2D eigenvalue weighted by Gasteiger charge is 2.38. The van der Waals surface area contributed by atoms with E-state index in [1.54, 1.807) is 18.2 Å². The lowest BCUT2D eigenvalue weighted by Crippen LogP contribution is -2.42. The number of aryl methyl sites for hydroxylation is 1. The second kappa shape index (κ2) is 9.39. The molecule has 0 aromatic heterocycles. The van der Waals surface area contributed by atoms with Gasteiger partial charge in [0.1, 0.15) is 0 Å². The van der Waals surface area contributed by atoms with Crippen molar-refractivity contribution in [3.63, 3.8) is 0 Å². The van der Waals surface area contributed by atoms with Crippen molar-refractivity contribution in [2.45, 2.75) is 68.8 Å². The van der Waals surface area contributed by atoms with Crippen LogP contribution < -0.4 is 10.2 Å². The number of carbonyl (C=O) groups excluding carboxylic acids is 2. The Morgan fingerprint density at radius 2 is 1.83 bits per heavy atom. The molecule has 0 saturated heterocycles. The van der Waals surface area contributed by atoms with Crippen LogP contribution in [-0.4, -0.2) is 44.2 Å². The van der Waals surface area contributed by atoms with Crippen molar-refractivity contribution in [1.29, 1.82) is 0 Å². The lowest BCUT2D eigenvalue weighted by Gasteiger charge is -2.32. The van der Waals surface area contributed by atoms with Gasteiger partial charge in [0, 0.05) is 24.7 Å². The van der Waals surface area contributed by atoms with Crippen molar-refractivity contribution in [2.24, 2.45) is 5.92 Å². The summed E-state index contributed by atoms with van der Waals surface area (Å²) in [6, 6.07) is 13.0. The lowest BCUT2D eigenvalue weighted by molar-refractivity contribution is -0.125. The third-order valence-electron chi connectivity index (χ3n) is 7.74. The van der Waals surface area contributed by atoms with Gasteiger partial charge in [-0.05, 0) is 80.3 Å². The van der Waals surface area contributed by atoms with E-state index in [-0.39, 0.29) is 41.3 Å². The molecule has 1 N–H and O–H groups in total. The number of carbonyl (C=O) groups is 2. The number of amides is 2. The van der Waals surface area contributed by atoms with E-state index in [1.165, 1.54) is 12.6 Å². The molecule has 7 nitrogen and oxygen atoms in total. The Balaban J connectivity index is 1.28. The average molecular weight is 496 g/mol. The van der Waals surface area contributed by atoms with Crippen LogP contribution in [0.1, 0.15) is 61.8 Å². The predicted molar refractivity (Wildman–Crippen MR) is 135 cm³/mol. The van der Waals surface area contributed by atoms with Gasteiger partial charge in [0.05, 0.1) is 17.5 Å². The van der Waals surface area contributed by atoms with Crippen molar-refractivity contribution in [3.05, 3.63) is 59.2 Å². The molecule has 2 amide bonds. The summed E-state index contributed by atoms with van der Waals surface area (Å²) in [5.74, 6) is -0.0754. The van der Waals surface area contributed by atoms with E-state index in [4.69, 9.17) is 0 Å². The second-order valence-corrected chi connectivity index (χ2v) is 12.2. The van der Waals surface area contributed by atoms with Gasteiger partial charge in [-0.25, -0.2) is 8.42 Å². The predicted octanol–water partition coefficient (Wildman–Crippen LogP) is 3.58. The van der Waals surface area contributed by atoms with Crippen LogP contribution in [0, 0.1) is 5.92 Å². The Bertz CT molecular complexity index is 1250. The molecule has 3 aliphatic rings. The van der Waals surface area contributed by atoms with Crippen molar-refractivity contribution in [1.82, 2.24) is 9.62 Å². The minimum absolute atomic E-state index is 0.0120. The summed E-state index contributed by atoms with van der Waals surface area (Å²) in [5, 5.41) is 3.03. The minimum Gasteiger partial charge on any atom is -0.348 e. The molecule has 2 aromatic carbocycles. The molecule has 1 fully saturated rings. The van der Waals surface area contributed by atoms with Crippen molar-refractivity contribution in [3.8, 4) is 0 Å². The molecule has 1 aliphatic heterocycles. The fraction of sp³-hybridized carbons (Fsp3) is 0.481. The molecule has 0 unspecified atom stereocenters. The molecule has 0 bridgehead atoms. The molecule has 1 heterocycles. The van der Waals surface area contributed by atoms with E-state index < -0.39 is 10.0 Å². The van der Waals surface area contributed by atoms with E-state index in [0.717, 1.165) is 59.6 Å². The van der Waals surface area contributed by atoms with Gasteiger partial charge in [0.25, 0.3) is 0 Å². The normalized spacial score (nSPS) is 21.9. The smallest absolute Gasteiger partial charge is 0.243 e. The molecule has 0 spiro atoms. The zero-order chi connectivity index (χ0) is 24.7. The number of sulfonamides is 1. The zero-order valence-electron chi connectivity index (χ0n) is 20.4. The minimum atomic E-state index is -3.85. The zero-order valence-corrected chi connectivity index (χ0v) is 21.2. The van der Waals surface area contributed by atoms with Crippen LogP contribution in [0.15, 0.2) is 47.4 Å². The largest absolute Gasteiger partial charge is 0.348 e. The van der Waals surface area contributed by atoms with Crippen LogP contribution in [0.5, 0.6) is 0 Å². The van der Waals surface area contributed by atoms with Crippen LogP contribution >= 0.6 is 0 Å². The van der Waals surface area contributed by atoms with Crippen molar-refractivity contribution < 1.29 is 18.0 Å². The first-order valence-electron chi connectivity index (χ1n) is 12.5. The molecule has 2 atom stereocenters. The van der Waals surface area contributed by atoms with Gasteiger partial charge in [0.15, 0.2) is 0 Å². The maximum atomic E-state index is 13.3. The molecule has 0 radical (unpaired) electrons. The number of benzene rings is 2. The highest BCUT2D eigenvalue weighted by atomic mass is 32.2. The Kier molecular flexibility index (Phi) is 6.44. The van der Waals surface area contributed by atoms with Crippen LogP contribution in [0.2, 0.25) is 0 Å². The van der Waals surface area contributed by atoms with Gasteiger partial charge in [-0.2, -0.15) is 4.31 Å². The topological polar surface area (TPSA) is 86.8 Å². The summed E-state index contributed by atoms with van der Waals surface area (Å²) in [4.78, 5) is 27.7. The Hall–Kier alpha value is -2.71.